The molecular weight excluding hydrogens is 188 g/mol. The fraction of sp³-hybridized carbons (Fsp3) is 0.556. The molecule has 0 N–H and O–H groups in total. The molecule has 0 aromatic carbocycles. The van der Waals surface area contributed by atoms with E-state index in [-0.39, 0.29) is 0 Å². The van der Waals surface area contributed by atoms with E-state index in [4.69, 9.17) is 16.3 Å². The van der Waals surface area contributed by atoms with Crippen LogP contribution in [0, 0.1) is 0 Å². The van der Waals surface area contributed by atoms with Crippen LogP contribution in [0.4, 0.5) is 0 Å². The van der Waals surface area contributed by atoms with Gasteiger partial charge < -0.3 is 4.74 Å². The van der Waals surface area contributed by atoms with Crippen LogP contribution in [0.5, 0.6) is 5.88 Å². The Morgan fingerprint density at radius 3 is 2.69 bits per heavy atom. The molecule has 1 heterocycles. The first-order chi connectivity index (χ1) is 6.31. The predicted molar refractivity (Wildman–Crippen MR) is 50.2 cm³/mol. The summed E-state index contributed by atoms with van der Waals surface area (Å²) in [5.74, 6) is 0.973. The van der Waals surface area contributed by atoms with Crippen molar-refractivity contribution in [1.82, 2.24) is 10.2 Å². The van der Waals surface area contributed by atoms with Gasteiger partial charge in [-0.05, 0) is 18.9 Å². The smallest absolute Gasteiger partial charge is 0.252 e. The Hall–Kier alpha value is -0.830. The monoisotopic (exact) mass is 198 g/mol. The van der Waals surface area contributed by atoms with Crippen molar-refractivity contribution in [1.29, 1.82) is 0 Å². The number of nitrogens with zero attached hydrogens (tertiary/aromatic N) is 2. The third-order valence-corrected chi connectivity index (χ3v) is 2.72. The van der Waals surface area contributed by atoms with Crippen LogP contribution < -0.4 is 4.74 Å². The first-order valence-corrected chi connectivity index (χ1v) is 4.76. The standard InChI is InChI=1S/C9H11ClN2O/c1-13-9-7(10)5-8(11-12-9)6-3-2-4-6/h5-6H,2-4H2,1H3. The second-order valence-corrected chi connectivity index (χ2v) is 3.66. The highest BCUT2D eigenvalue weighted by atomic mass is 35.5. The molecule has 1 fully saturated rings. The lowest BCUT2D eigenvalue weighted by atomic mass is 9.83. The van der Waals surface area contributed by atoms with Gasteiger partial charge in [0.25, 0.3) is 5.88 Å². The Balaban J connectivity index is 2.24. The van der Waals surface area contributed by atoms with Crippen molar-refractivity contribution in [3.63, 3.8) is 0 Å². The molecule has 0 saturated heterocycles. The average Bonchev–Trinajstić information content (AvgIpc) is 2.01. The van der Waals surface area contributed by atoms with Crippen molar-refractivity contribution in [3.05, 3.63) is 16.8 Å². The van der Waals surface area contributed by atoms with Crippen LogP contribution >= 0.6 is 11.6 Å². The average molecular weight is 199 g/mol. The Kier molecular flexibility index (Phi) is 2.36. The molecular formula is C9H11ClN2O. The van der Waals surface area contributed by atoms with Gasteiger partial charge in [-0.3, -0.25) is 0 Å². The lowest BCUT2D eigenvalue weighted by molar-refractivity contribution is 0.380. The molecule has 2 rings (SSSR count). The first-order valence-electron chi connectivity index (χ1n) is 4.38. The second-order valence-electron chi connectivity index (χ2n) is 3.25. The van der Waals surface area contributed by atoms with Gasteiger partial charge in [0, 0.05) is 5.92 Å². The summed E-state index contributed by atoms with van der Waals surface area (Å²) in [6.45, 7) is 0. The SMILES string of the molecule is COc1nnc(C2CCC2)cc1Cl. The van der Waals surface area contributed by atoms with Gasteiger partial charge in [0.05, 0.1) is 12.8 Å². The maximum Gasteiger partial charge on any atom is 0.252 e. The van der Waals surface area contributed by atoms with Crippen LogP contribution in [0.25, 0.3) is 0 Å². The molecule has 0 aliphatic heterocycles. The van der Waals surface area contributed by atoms with Crippen LogP contribution in [0.3, 0.4) is 0 Å². The van der Waals surface area contributed by atoms with Crippen molar-refractivity contribution in [2.24, 2.45) is 0 Å². The van der Waals surface area contributed by atoms with E-state index in [1.54, 1.807) is 7.11 Å². The molecule has 1 aliphatic rings. The molecule has 1 saturated carbocycles. The second kappa shape index (κ2) is 3.50. The van der Waals surface area contributed by atoms with Gasteiger partial charge in [0.15, 0.2) is 0 Å². The molecule has 0 atom stereocenters. The van der Waals surface area contributed by atoms with Gasteiger partial charge in [-0.15, -0.1) is 5.10 Å². The molecule has 0 bridgehead atoms. The highest BCUT2D eigenvalue weighted by Gasteiger charge is 2.22. The van der Waals surface area contributed by atoms with E-state index in [2.05, 4.69) is 10.2 Å². The molecule has 1 aromatic heterocycles. The highest BCUT2D eigenvalue weighted by molar-refractivity contribution is 6.31. The van der Waals surface area contributed by atoms with Crippen LogP contribution in [0.15, 0.2) is 6.07 Å². The fourth-order valence-electron chi connectivity index (χ4n) is 1.41. The number of hydrogen-bond donors (Lipinski definition) is 0. The van der Waals surface area contributed by atoms with Crippen LogP contribution in [0.1, 0.15) is 30.9 Å². The van der Waals surface area contributed by atoms with E-state index in [9.17, 15) is 0 Å². The van der Waals surface area contributed by atoms with Gasteiger partial charge in [-0.25, -0.2) is 0 Å². The van der Waals surface area contributed by atoms with Crippen molar-refractivity contribution in [3.8, 4) is 5.88 Å². The summed E-state index contributed by atoms with van der Waals surface area (Å²) in [5.41, 5.74) is 0.997. The normalized spacial score (nSPS) is 16.8. The molecule has 3 nitrogen and oxygen atoms in total. The topological polar surface area (TPSA) is 35.0 Å². The zero-order valence-corrected chi connectivity index (χ0v) is 8.21. The third-order valence-electron chi connectivity index (χ3n) is 2.45. The fourth-order valence-corrected chi connectivity index (χ4v) is 1.64. The summed E-state index contributed by atoms with van der Waals surface area (Å²) in [5, 5.41) is 8.52. The summed E-state index contributed by atoms with van der Waals surface area (Å²) in [7, 11) is 1.54. The van der Waals surface area contributed by atoms with Gasteiger partial charge in [0.2, 0.25) is 0 Å². The van der Waals surface area contributed by atoms with Crippen molar-refractivity contribution >= 4 is 11.6 Å². The number of methoxy groups -OCH3 is 1. The van der Waals surface area contributed by atoms with Crippen LogP contribution in [-0.4, -0.2) is 17.3 Å². The van der Waals surface area contributed by atoms with E-state index in [0.717, 1.165) is 5.69 Å². The number of halogens is 1. The Bertz CT molecular complexity index is 312. The van der Waals surface area contributed by atoms with Gasteiger partial charge >= 0.3 is 0 Å². The molecule has 0 unspecified atom stereocenters. The summed E-state index contributed by atoms with van der Waals surface area (Å²) >= 11 is 5.93. The first kappa shape index (κ1) is 8.75. The molecule has 70 valence electrons. The largest absolute Gasteiger partial charge is 0.479 e. The highest BCUT2D eigenvalue weighted by Crippen LogP contribution is 2.36. The van der Waals surface area contributed by atoms with Crippen molar-refractivity contribution < 1.29 is 4.74 Å². The number of hydrogen-bond acceptors (Lipinski definition) is 3. The lowest BCUT2D eigenvalue weighted by Crippen LogP contribution is -2.11. The van der Waals surface area contributed by atoms with Crippen LogP contribution in [0.2, 0.25) is 5.02 Å². The van der Waals surface area contributed by atoms with Gasteiger partial charge in [0.1, 0.15) is 5.02 Å². The zero-order chi connectivity index (χ0) is 9.26. The van der Waals surface area contributed by atoms with Gasteiger partial charge in [-0.1, -0.05) is 18.0 Å². The van der Waals surface area contributed by atoms with E-state index in [0.29, 0.717) is 16.8 Å². The molecule has 13 heavy (non-hydrogen) atoms. The minimum Gasteiger partial charge on any atom is -0.479 e. The van der Waals surface area contributed by atoms with Crippen molar-refractivity contribution in [2.75, 3.05) is 7.11 Å². The van der Waals surface area contributed by atoms with E-state index < -0.39 is 0 Å². The summed E-state index contributed by atoms with van der Waals surface area (Å²) < 4.78 is 4.93. The Morgan fingerprint density at radius 1 is 1.46 bits per heavy atom. The Morgan fingerprint density at radius 2 is 2.23 bits per heavy atom. The van der Waals surface area contributed by atoms with E-state index in [1.165, 1.54) is 19.3 Å². The number of rotatable bonds is 2. The molecule has 0 radical (unpaired) electrons. The molecule has 4 heteroatoms. The maximum absolute atomic E-state index is 5.93. The molecule has 0 spiro atoms. The van der Waals surface area contributed by atoms with Gasteiger partial charge in [-0.2, -0.15) is 5.10 Å². The summed E-state index contributed by atoms with van der Waals surface area (Å²) in [6, 6.07) is 1.86. The summed E-state index contributed by atoms with van der Waals surface area (Å²) in [6.07, 6.45) is 3.70. The minimum absolute atomic E-state index is 0.407. The summed E-state index contributed by atoms with van der Waals surface area (Å²) in [4.78, 5) is 0. The number of ether oxygens (including phenoxy) is 1. The van der Waals surface area contributed by atoms with E-state index >= 15 is 0 Å². The van der Waals surface area contributed by atoms with E-state index in [1.807, 2.05) is 6.07 Å². The van der Waals surface area contributed by atoms with Crippen molar-refractivity contribution in [2.45, 2.75) is 25.2 Å². The predicted octanol–water partition coefficient (Wildman–Crippen LogP) is 2.41. The molecule has 1 aliphatic carbocycles. The van der Waals surface area contributed by atoms with Crippen LogP contribution in [-0.2, 0) is 0 Å². The quantitative estimate of drug-likeness (QED) is 0.732. The zero-order valence-electron chi connectivity index (χ0n) is 7.46. The molecule has 0 amide bonds. The number of aromatic nitrogens is 2. The minimum atomic E-state index is 0.407. The lowest BCUT2D eigenvalue weighted by Gasteiger charge is -2.24. The Labute approximate surface area is 82.1 Å². The third kappa shape index (κ3) is 1.61. The molecule has 1 aromatic rings. The maximum atomic E-state index is 5.93.